The van der Waals surface area contributed by atoms with Gasteiger partial charge >= 0.3 is 5.97 Å². The highest BCUT2D eigenvalue weighted by Crippen LogP contribution is 2.32. The number of carbonyl (C=O) groups excluding carboxylic acids is 2. The molecular formula is C31H44N2O8. The molecule has 0 N–H and O–H groups in total. The zero-order chi connectivity index (χ0) is 29.3. The third-order valence-electron chi connectivity index (χ3n) is 6.58. The van der Waals surface area contributed by atoms with Crippen molar-refractivity contribution < 1.29 is 38.1 Å². The van der Waals surface area contributed by atoms with Gasteiger partial charge in [-0.3, -0.25) is 4.79 Å². The van der Waals surface area contributed by atoms with Crippen LogP contribution >= 0.6 is 0 Å². The maximum atomic E-state index is 13.5. The molecule has 1 aromatic rings. The molecule has 0 unspecified atom stereocenters. The van der Waals surface area contributed by atoms with Gasteiger partial charge in [0.25, 0.3) is 5.91 Å². The number of piperidine rings is 1. The lowest BCUT2D eigenvalue weighted by Gasteiger charge is -2.26. The molecular weight excluding hydrogens is 528 g/mol. The van der Waals surface area contributed by atoms with Crippen molar-refractivity contribution >= 4 is 17.6 Å². The summed E-state index contributed by atoms with van der Waals surface area (Å²) in [6.45, 7) is 7.86. The molecule has 1 saturated heterocycles. The van der Waals surface area contributed by atoms with Gasteiger partial charge in [-0.15, -0.1) is 0 Å². The Bertz CT molecular complexity index is 1060. The van der Waals surface area contributed by atoms with Gasteiger partial charge in [-0.25, -0.2) is 4.79 Å². The maximum absolute atomic E-state index is 13.5. The van der Waals surface area contributed by atoms with Crippen LogP contribution in [0.4, 0.5) is 0 Å². The van der Waals surface area contributed by atoms with Gasteiger partial charge in [-0.2, -0.15) is 0 Å². The monoisotopic (exact) mass is 572 g/mol. The first-order valence-corrected chi connectivity index (χ1v) is 14.6. The number of benzene rings is 1. The Hall–Kier alpha value is -3.37. The molecule has 0 spiro atoms. The van der Waals surface area contributed by atoms with E-state index in [0.717, 1.165) is 45.2 Å². The van der Waals surface area contributed by atoms with Gasteiger partial charge in [0, 0.05) is 45.2 Å². The van der Waals surface area contributed by atoms with E-state index in [9.17, 15) is 9.59 Å². The molecule has 1 fully saturated rings. The lowest BCUT2D eigenvalue weighted by Crippen LogP contribution is -2.37. The minimum Gasteiger partial charge on any atom is -0.467 e. The fourth-order valence-corrected chi connectivity index (χ4v) is 4.42. The second kappa shape index (κ2) is 18.1. The van der Waals surface area contributed by atoms with Gasteiger partial charge in [0.2, 0.25) is 0 Å². The van der Waals surface area contributed by atoms with Crippen molar-refractivity contribution in [2.75, 3.05) is 46.5 Å². The second-order valence-electron chi connectivity index (χ2n) is 9.84. The molecule has 0 saturated carbocycles. The molecule has 0 aromatic heterocycles. The number of carbonyl (C=O) groups is 2. The van der Waals surface area contributed by atoms with Crippen LogP contribution in [0.2, 0.25) is 0 Å². The average molecular weight is 573 g/mol. The van der Waals surface area contributed by atoms with Crippen molar-refractivity contribution in [3.63, 3.8) is 0 Å². The summed E-state index contributed by atoms with van der Waals surface area (Å²) in [5.74, 6) is 0.121. The van der Waals surface area contributed by atoms with Gasteiger partial charge in [-0.1, -0.05) is 23.4 Å². The normalized spacial score (nSPS) is 20.9. The van der Waals surface area contributed by atoms with E-state index in [0.29, 0.717) is 36.7 Å². The minimum atomic E-state index is -0.523. The lowest BCUT2D eigenvalue weighted by molar-refractivity contribution is -0.137. The number of nitrogens with zero attached hydrogens (tertiary/aromatic N) is 2. The van der Waals surface area contributed by atoms with E-state index in [4.69, 9.17) is 28.5 Å². The fraction of sp³-hybridized carbons (Fsp3) is 0.581. The molecule has 0 aliphatic carbocycles. The molecule has 226 valence electrons. The van der Waals surface area contributed by atoms with E-state index in [1.807, 2.05) is 43.9 Å². The standard InChI is InChI=1S/C31H44N2O8/c1-4-36-22-38-27-19-25-18-26(32-40-21-29(34)33-16-12-9-13-17-33)15-11-8-6-7-10-14-24(3)41-31(35)30(25)28(20-27)39-23-37-5-2/h7,10-11,15,19-20,24H,4-6,8-9,12-14,16-18,21-23H2,1-3H3/b10-7+,15-11+,32-26-/t24-/m1/s1. The zero-order valence-corrected chi connectivity index (χ0v) is 24.6. The largest absolute Gasteiger partial charge is 0.467 e. The fourth-order valence-electron chi connectivity index (χ4n) is 4.42. The number of esters is 1. The number of hydrogen-bond acceptors (Lipinski definition) is 9. The highest BCUT2D eigenvalue weighted by molar-refractivity contribution is 6.00. The topological polar surface area (TPSA) is 105 Å². The number of fused-ring (bicyclic) bond motifs is 1. The molecule has 2 aliphatic rings. The first kappa shape index (κ1) is 32.1. The number of likely N-dealkylation sites (tertiary alicyclic amines) is 1. The van der Waals surface area contributed by atoms with Gasteiger partial charge in [0.15, 0.2) is 20.2 Å². The summed E-state index contributed by atoms with van der Waals surface area (Å²) in [6, 6.07) is 3.38. The Morgan fingerprint density at radius 1 is 1.00 bits per heavy atom. The Labute approximate surface area is 243 Å². The van der Waals surface area contributed by atoms with Crippen molar-refractivity contribution in [1.29, 1.82) is 0 Å². The molecule has 0 bridgehead atoms. The third kappa shape index (κ3) is 11.2. The molecule has 1 aromatic carbocycles. The van der Waals surface area contributed by atoms with Gasteiger partial charge < -0.3 is 33.4 Å². The van der Waals surface area contributed by atoms with Crippen LogP contribution in [0.15, 0.2) is 41.6 Å². The van der Waals surface area contributed by atoms with Crippen LogP contribution in [0.5, 0.6) is 11.5 Å². The molecule has 2 aliphatic heterocycles. The Balaban J connectivity index is 1.95. The van der Waals surface area contributed by atoms with Crippen LogP contribution in [0.25, 0.3) is 0 Å². The van der Waals surface area contributed by atoms with Gasteiger partial charge in [0.1, 0.15) is 23.2 Å². The van der Waals surface area contributed by atoms with E-state index < -0.39 is 5.97 Å². The van der Waals surface area contributed by atoms with Crippen molar-refractivity contribution in [2.45, 2.75) is 71.8 Å². The van der Waals surface area contributed by atoms with E-state index in [1.165, 1.54) is 0 Å². The summed E-state index contributed by atoms with van der Waals surface area (Å²) < 4.78 is 28.2. The molecule has 2 heterocycles. The van der Waals surface area contributed by atoms with E-state index >= 15 is 0 Å². The summed E-state index contributed by atoms with van der Waals surface area (Å²) >= 11 is 0. The number of allylic oxidation sites excluding steroid dienone is 3. The van der Waals surface area contributed by atoms with Crippen LogP contribution in [-0.4, -0.2) is 75.1 Å². The van der Waals surface area contributed by atoms with Crippen molar-refractivity contribution in [1.82, 2.24) is 4.90 Å². The number of amides is 1. The van der Waals surface area contributed by atoms with E-state index in [-0.39, 0.29) is 49.9 Å². The molecule has 41 heavy (non-hydrogen) atoms. The van der Waals surface area contributed by atoms with E-state index in [2.05, 4.69) is 11.2 Å². The summed E-state index contributed by atoms with van der Waals surface area (Å²) in [4.78, 5) is 33.5. The predicted octanol–water partition coefficient (Wildman–Crippen LogP) is 5.20. The summed E-state index contributed by atoms with van der Waals surface area (Å²) in [6.07, 6.45) is 13.2. The number of hydrogen-bond donors (Lipinski definition) is 0. The average Bonchev–Trinajstić information content (AvgIpc) is 2.96. The quantitative estimate of drug-likeness (QED) is 0.117. The Kier molecular flexibility index (Phi) is 14.2. The zero-order valence-electron chi connectivity index (χ0n) is 24.6. The Morgan fingerprint density at radius 3 is 2.49 bits per heavy atom. The molecule has 1 amide bonds. The molecule has 1 atom stereocenters. The van der Waals surface area contributed by atoms with Gasteiger partial charge in [-0.05, 0) is 70.6 Å². The van der Waals surface area contributed by atoms with Crippen molar-refractivity contribution in [3.8, 4) is 11.5 Å². The van der Waals surface area contributed by atoms with Crippen LogP contribution in [0.3, 0.4) is 0 Å². The molecule has 3 rings (SSSR count). The molecule has 0 radical (unpaired) electrons. The summed E-state index contributed by atoms with van der Waals surface area (Å²) in [5.41, 5.74) is 1.37. The smallest absolute Gasteiger partial charge is 0.342 e. The summed E-state index contributed by atoms with van der Waals surface area (Å²) in [5, 5.41) is 4.32. The van der Waals surface area contributed by atoms with Crippen LogP contribution in [0, 0.1) is 0 Å². The highest BCUT2D eigenvalue weighted by atomic mass is 16.7. The summed E-state index contributed by atoms with van der Waals surface area (Å²) in [7, 11) is 0. The molecule has 10 nitrogen and oxygen atoms in total. The minimum absolute atomic E-state index is 0.0383. The SMILES string of the molecule is CCOCOc1cc2c(c(OCOCC)c1)C(=O)O[C@H](C)C/C=C/CC/C=C/C(=N/OCC(=O)N1CCCCC1)C2. The molecule has 10 heteroatoms. The number of rotatable bonds is 11. The highest BCUT2D eigenvalue weighted by Gasteiger charge is 2.24. The number of cyclic esters (lactones) is 1. The first-order chi connectivity index (χ1) is 20.0. The predicted molar refractivity (Wildman–Crippen MR) is 155 cm³/mol. The van der Waals surface area contributed by atoms with Crippen molar-refractivity contribution in [2.24, 2.45) is 5.16 Å². The lowest BCUT2D eigenvalue weighted by atomic mass is 9.99. The number of oxime groups is 1. The maximum Gasteiger partial charge on any atom is 0.342 e. The first-order valence-electron chi connectivity index (χ1n) is 14.6. The number of ether oxygens (including phenoxy) is 5. The Morgan fingerprint density at radius 2 is 1.73 bits per heavy atom. The van der Waals surface area contributed by atoms with E-state index in [1.54, 1.807) is 12.1 Å². The van der Waals surface area contributed by atoms with Gasteiger partial charge in [0.05, 0.1) is 5.71 Å². The second-order valence-corrected chi connectivity index (χ2v) is 9.84. The third-order valence-corrected chi connectivity index (χ3v) is 6.58. The van der Waals surface area contributed by atoms with Crippen LogP contribution in [0.1, 0.15) is 75.2 Å². The van der Waals surface area contributed by atoms with Crippen LogP contribution in [-0.2, 0) is 30.3 Å². The van der Waals surface area contributed by atoms with Crippen LogP contribution < -0.4 is 9.47 Å². The van der Waals surface area contributed by atoms with Crippen molar-refractivity contribution in [3.05, 3.63) is 47.6 Å².